The first-order chi connectivity index (χ1) is 6.82. The first-order valence-electron chi connectivity index (χ1n) is 6.00. The standard InChI is InChI=1S/C12H26N2O/c1-9(13)11(12(2,3)4)14-7-5-6-10(15)8-14/h9-11,15H,5-8,13H2,1-4H3. The van der Waals surface area contributed by atoms with Gasteiger partial charge >= 0.3 is 0 Å². The van der Waals surface area contributed by atoms with Crippen LogP contribution in [-0.2, 0) is 0 Å². The van der Waals surface area contributed by atoms with Gasteiger partial charge in [0.05, 0.1) is 6.10 Å². The molecule has 1 aliphatic rings. The van der Waals surface area contributed by atoms with E-state index in [1.807, 2.05) is 0 Å². The van der Waals surface area contributed by atoms with Crippen molar-refractivity contribution in [2.45, 2.75) is 58.7 Å². The van der Waals surface area contributed by atoms with Gasteiger partial charge in [0, 0.05) is 18.6 Å². The van der Waals surface area contributed by atoms with Gasteiger partial charge in [-0.1, -0.05) is 20.8 Å². The van der Waals surface area contributed by atoms with E-state index in [1.165, 1.54) is 0 Å². The molecule has 1 heterocycles. The van der Waals surface area contributed by atoms with Crippen molar-refractivity contribution in [3.05, 3.63) is 0 Å². The molecule has 3 N–H and O–H groups in total. The van der Waals surface area contributed by atoms with Gasteiger partial charge in [-0.25, -0.2) is 0 Å². The van der Waals surface area contributed by atoms with Crippen LogP contribution in [0.25, 0.3) is 0 Å². The van der Waals surface area contributed by atoms with Gasteiger partial charge in [0.2, 0.25) is 0 Å². The Balaban J connectivity index is 2.71. The van der Waals surface area contributed by atoms with Gasteiger partial charge in [-0.15, -0.1) is 0 Å². The van der Waals surface area contributed by atoms with Gasteiger partial charge in [-0.05, 0) is 31.7 Å². The highest BCUT2D eigenvalue weighted by Gasteiger charge is 2.35. The van der Waals surface area contributed by atoms with E-state index < -0.39 is 0 Å². The average Bonchev–Trinajstić information content (AvgIpc) is 1.99. The lowest BCUT2D eigenvalue weighted by molar-refractivity contribution is 0.00541. The van der Waals surface area contributed by atoms with Crippen molar-refractivity contribution in [3.63, 3.8) is 0 Å². The summed E-state index contributed by atoms with van der Waals surface area (Å²) in [6, 6.07) is 0.503. The number of piperidine rings is 1. The van der Waals surface area contributed by atoms with Gasteiger partial charge in [0.15, 0.2) is 0 Å². The molecule has 0 saturated carbocycles. The molecule has 0 amide bonds. The Morgan fingerprint density at radius 2 is 2.00 bits per heavy atom. The van der Waals surface area contributed by atoms with E-state index in [1.54, 1.807) is 0 Å². The summed E-state index contributed by atoms with van der Waals surface area (Å²) in [4.78, 5) is 2.36. The van der Waals surface area contributed by atoms with Crippen LogP contribution >= 0.6 is 0 Å². The number of nitrogens with zero attached hydrogens (tertiary/aromatic N) is 1. The van der Waals surface area contributed by atoms with Crippen molar-refractivity contribution < 1.29 is 5.11 Å². The third-order valence-corrected chi connectivity index (χ3v) is 3.21. The van der Waals surface area contributed by atoms with Crippen molar-refractivity contribution in [1.29, 1.82) is 0 Å². The summed E-state index contributed by atoms with van der Waals surface area (Å²) in [5.41, 5.74) is 6.25. The molecule has 0 aliphatic carbocycles. The summed E-state index contributed by atoms with van der Waals surface area (Å²) < 4.78 is 0. The molecule has 1 fully saturated rings. The molecular weight excluding hydrogens is 188 g/mol. The lowest BCUT2D eigenvalue weighted by Gasteiger charge is -2.45. The maximum atomic E-state index is 9.69. The smallest absolute Gasteiger partial charge is 0.0667 e. The van der Waals surface area contributed by atoms with E-state index in [-0.39, 0.29) is 17.6 Å². The molecule has 3 nitrogen and oxygen atoms in total. The Labute approximate surface area is 93.6 Å². The topological polar surface area (TPSA) is 49.5 Å². The highest BCUT2D eigenvalue weighted by Crippen LogP contribution is 2.28. The minimum absolute atomic E-state index is 0.148. The van der Waals surface area contributed by atoms with E-state index in [0.717, 1.165) is 25.9 Å². The van der Waals surface area contributed by atoms with E-state index in [0.29, 0.717) is 6.04 Å². The molecule has 1 rings (SSSR count). The lowest BCUT2D eigenvalue weighted by Crippen LogP contribution is -2.57. The Kier molecular flexibility index (Phi) is 4.15. The largest absolute Gasteiger partial charge is 0.392 e. The SMILES string of the molecule is CC(N)C(N1CCCC(O)C1)C(C)(C)C. The van der Waals surface area contributed by atoms with Gasteiger partial charge in [-0.3, -0.25) is 4.90 Å². The molecule has 0 aromatic heterocycles. The van der Waals surface area contributed by atoms with Crippen LogP contribution < -0.4 is 5.73 Å². The molecule has 3 heteroatoms. The molecule has 1 aliphatic heterocycles. The molecule has 3 atom stereocenters. The molecule has 0 aromatic rings. The summed E-state index contributed by atoms with van der Waals surface area (Å²) in [6.45, 7) is 10.6. The third-order valence-electron chi connectivity index (χ3n) is 3.21. The number of β-amino-alcohol motifs (C(OH)–C–C–N with tert-alkyl or cyclic N) is 1. The predicted octanol–water partition coefficient (Wildman–Crippen LogP) is 1.20. The third kappa shape index (κ3) is 3.44. The summed E-state index contributed by atoms with van der Waals surface area (Å²) >= 11 is 0. The Morgan fingerprint density at radius 3 is 2.40 bits per heavy atom. The fraction of sp³-hybridized carbons (Fsp3) is 1.00. The number of rotatable bonds is 2. The van der Waals surface area contributed by atoms with Crippen molar-refractivity contribution in [1.82, 2.24) is 4.90 Å². The van der Waals surface area contributed by atoms with Crippen LogP contribution in [0.1, 0.15) is 40.5 Å². The normalized spacial score (nSPS) is 28.8. The van der Waals surface area contributed by atoms with Gasteiger partial charge in [0.1, 0.15) is 0 Å². The van der Waals surface area contributed by atoms with Gasteiger partial charge in [0.25, 0.3) is 0 Å². The van der Waals surface area contributed by atoms with Crippen LogP contribution in [0.5, 0.6) is 0 Å². The van der Waals surface area contributed by atoms with Gasteiger partial charge < -0.3 is 10.8 Å². The fourth-order valence-electron chi connectivity index (χ4n) is 2.90. The predicted molar refractivity (Wildman–Crippen MR) is 63.7 cm³/mol. The monoisotopic (exact) mass is 214 g/mol. The minimum atomic E-state index is -0.164. The summed E-state index contributed by atoms with van der Waals surface area (Å²) in [5, 5.41) is 9.69. The second-order valence-corrected chi connectivity index (χ2v) is 5.96. The van der Waals surface area contributed by atoms with Gasteiger partial charge in [-0.2, -0.15) is 0 Å². The first kappa shape index (κ1) is 12.9. The molecule has 0 bridgehead atoms. The number of nitrogens with two attached hydrogens (primary N) is 1. The maximum Gasteiger partial charge on any atom is 0.0667 e. The maximum absolute atomic E-state index is 9.69. The van der Waals surface area contributed by atoms with Crippen LogP contribution in [0.2, 0.25) is 0 Å². The van der Waals surface area contributed by atoms with Crippen LogP contribution in [-0.4, -0.2) is 41.3 Å². The summed E-state index contributed by atoms with van der Waals surface area (Å²) in [6.07, 6.45) is 1.86. The van der Waals surface area contributed by atoms with Crippen molar-refractivity contribution in [3.8, 4) is 0 Å². The molecule has 90 valence electrons. The lowest BCUT2D eigenvalue weighted by atomic mass is 9.81. The second kappa shape index (κ2) is 4.81. The molecular formula is C12H26N2O. The van der Waals surface area contributed by atoms with E-state index in [2.05, 4.69) is 32.6 Å². The zero-order valence-electron chi connectivity index (χ0n) is 10.5. The van der Waals surface area contributed by atoms with Crippen molar-refractivity contribution in [2.75, 3.05) is 13.1 Å². The molecule has 0 spiro atoms. The average molecular weight is 214 g/mol. The number of likely N-dealkylation sites (tertiary alicyclic amines) is 1. The second-order valence-electron chi connectivity index (χ2n) is 5.96. The fourth-order valence-corrected chi connectivity index (χ4v) is 2.90. The van der Waals surface area contributed by atoms with E-state index in [9.17, 15) is 5.11 Å². The molecule has 15 heavy (non-hydrogen) atoms. The number of aliphatic hydroxyl groups excluding tert-OH is 1. The molecule has 1 saturated heterocycles. The highest BCUT2D eigenvalue weighted by molar-refractivity contribution is 4.91. The zero-order chi connectivity index (χ0) is 11.6. The van der Waals surface area contributed by atoms with Crippen molar-refractivity contribution in [2.24, 2.45) is 11.1 Å². The first-order valence-corrected chi connectivity index (χ1v) is 6.00. The van der Waals surface area contributed by atoms with Crippen LogP contribution in [0, 0.1) is 5.41 Å². The molecule has 0 radical (unpaired) electrons. The summed E-state index contributed by atoms with van der Waals surface area (Å²) in [7, 11) is 0. The number of aliphatic hydroxyl groups is 1. The number of hydrogen-bond donors (Lipinski definition) is 2. The zero-order valence-corrected chi connectivity index (χ0v) is 10.5. The minimum Gasteiger partial charge on any atom is -0.392 e. The van der Waals surface area contributed by atoms with Crippen LogP contribution in [0.4, 0.5) is 0 Å². The Hall–Kier alpha value is -0.120. The van der Waals surface area contributed by atoms with E-state index >= 15 is 0 Å². The Morgan fingerprint density at radius 1 is 1.40 bits per heavy atom. The number of hydrogen-bond acceptors (Lipinski definition) is 3. The van der Waals surface area contributed by atoms with Crippen LogP contribution in [0.3, 0.4) is 0 Å². The quantitative estimate of drug-likeness (QED) is 0.726. The van der Waals surface area contributed by atoms with Crippen molar-refractivity contribution >= 4 is 0 Å². The molecule has 0 aromatic carbocycles. The highest BCUT2D eigenvalue weighted by atomic mass is 16.3. The molecule has 3 unspecified atom stereocenters. The summed E-state index contributed by atoms with van der Waals surface area (Å²) in [5.74, 6) is 0. The van der Waals surface area contributed by atoms with Crippen LogP contribution in [0.15, 0.2) is 0 Å². The van der Waals surface area contributed by atoms with E-state index in [4.69, 9.17) is 5.73 Å². The Bertz CT molecular complexity index is 198.